The summed E-state index contributed by atoms with van der Waals surface area (Å²) < 4.78 is 0. The van der Waals surface area contributed by atoms with Crippen LogP contribution in [0.5, 0.6) is 0 Å². The van der Waals surface area contributed by atoms with Gasteiger partial charge < -0.3 is 5.32 Å². The highest BCUT2D eigenvalue weighted by atomic mass is 16.2. The van der Waals surface area contributed by atoms with Crippen molar-refractivity contribution < 1.29 is 9.59 Å². The molecule has 0 radical (unpaired) electrons. The van der Waals surface area contributed by atoms with Crippen molar-refractivity contribution in [3.05, 3.63) is 95.6 Å². The van der Waals surface area contributed by atoms with Gasteiger partial charge in [-0.2, -0.15) is 0 Å². The summed E-state index contributed by atoms with van der Waals surface area (Å²) in [4.78, 5) is 33.5. The molecular weight excluding hydrogens is 422 g/mol. The number of amides is 2. The first-order valence-corrected chi connectivity index (χ1v) is 11.9. The molecule has 4 rings (SSSR count). The lowest BCUT2D eigenvalue weighted by Gasteiger charge is -2.31. The average molecular weight is 454 g/mol. The number of aliphatic imine (C=N–C) groups is 1. The Labute approximate surface area is 201 Å². The lowest BCUT2D eigenvalue weighted by atomic mass is 9.99. The predicted molar refractivity (Wildman–Crippen MR) is 139 cm³/mol. The van der Waals surface area contributed by atoms with Crippen LogP contribution >= 0.6 is 0 Å². The van der Waals surface area contributed by atoms with Crippen molar-refractivity contribution in [3.63, 3.8) is 0 Å². The van der Waals surface area contributed by atoms with E-state index in [1.54, 1.807) is 11.8 Å². The Morgan fingerprint density at radius 1 is 0.971 bits per heavy atom. The third-order valence-electron chi connectivity index (χ3n) is 6.23. The highest BCUT2D eigenvalue weighted by molar-refractivity contribution is 6.21. The number of hydrogen-bond acceptors (Lipinski definition) is 3. The van der Waals surface area contributed by atoms with E-state index in [0.717, 1.165) is 22.5 Å². The summed E-state index contributed by atoms with van der Waals surface area (Å²) in [6.45, 7) is 7.99. The van der Waals surface area contributed by atoms with Gasteiger partial charge in [-0.1, -0.05) is 81.4 Å². The van der Waals surface area contributed by atoms with Gasteiger partial charge in [-0.3, -0.25) is 19.5 Å². The molecule has 2 atom stereocenters. The van der Waals surface area contributed by atoms with E-state index in [9.17, 15) is 9.59 Å². The van der Waals surface area contributed by atoms with Crippen LogP contribution in [-0.2, 0) is 9.59 Å². The zero-order valence-corrected chi connectivity index (χ0v) is 20.2. The highest BCUT2D eigenvalue weighted by Gasteiger charge is 2.36. The monoisotopic (exact) mass is 453 g/mol. The summed E-state index contributed by atoms with van der Waals surface area (Å²) >= 11 is 0. The van der Waals surface area contributed by atoms with E-state index in [0.29, 0.717) is 18.0 Å². The Morgan fingerprint density at radius 2 is 1.62 bits per heavy atom. The second kappa shape index (κ2) is 10.0. The van der Waals surface area contributed by atoms with Crippen LogP contribution in [0.3, 0.4) is 0 Å². The van der Waals surface area contributed by atoms with Gasteiger partial charge >= 0.3 is 0 Å². The van der Waals surface area contributed by atoms with Crippen LogP contribution in [0.4, 0.5) is 11.4 Å². The number of nitrogens with one attached hydrogen (secondary N) is 1. The molecule has 5 heteroatoms. The molecule has 174 valence electrons. The molecule has 0 saturated carbocycles. The molecule has 0 aromatic heterocycles. The van der Waals surface area contributed by atoms with Crippen LogP contribution in [0.1, 0.15) is 56.7 Å². The molecule has 1 N–H and O–H groups in total. The second-order valence-electron chi connectivity index (χ2n) is 8.94. The summed E-state index contributed by atoms with van der Waals surface area (Å²) in [6.07, 6.45) is 0.476. The van der Waals surface area contributed by atoms with Gasteiger partial charge in [-0.15, -0.1) is 0 Å². The van der Waals surface area contributed by atoms with E-state index in [1.165, 1.54) is 5.56 Å². The first-order chi connectivity index (χ1) is 16.4. The molecule has 1 aliphatic heterocycles. The SMILES string of the molecule is CC[C@@H](C(=O)Nc1ccc(C(C)C)cc1)N1C(=O)[C@@H](C)N=C(c2ccccc2)c2ccccc21. The zero-order valence-electron chi connectivity index (χ0n) is 20.2. The van der Waals surface area contributed by atoms with Crippen molar-refractivity contribution in [3.8, 4) is 0 Å². The van der Waals surface area contributed by atoms with Crippen molar-refractivity contribution in [2.45, 2.75) is 52.1 Å². The molecule has 3 aromatic carbocycles. The summed E-state index contributed by atoms with van der Waals surface area (Å²) in [5.41, 5.74) is 5.19. The molecule has 0 unspecified atom stereocenters. The normalized spacial score (nSPS) is 16.5. The topological polar surface area (TPSA) is 61.8 Å². The van der Waals surface area contributed by atoms with Crippen molar-refractivity contribution in [1.82, 2.24) is 0 Å². The van der Waals surface area contributed by atoms with E-state index in [-0.39, 0.29) is 11.8 Å². The minimum absolute atomic E-state index is 0.185. The van der Waals surface area contributed by atoms with Gasteiger partial charge in [-0.25, -0.2) is 0 Å². The van der Waals surface area contributed by atoms with E-state index in [4.69, 9.17) is 4.99 Å². The van der Waals surface area contributed by atoms with Crippen LogP contribution in [0.2, 0.25) is 0 Å². The van der Waals surface area contributed by atoms with Crippen LogP contribution in [0, 0.1) is 0 Å². The van der Waals surface area contributed by atoms with Gasteiger partial charge in [0.2, 0.25) is 5.91 Å². The number of para-hydroxylation sites is 1. The molecule has 1 heterocycles. The molecule has 0 bridgehead atoms. The molecule has 0 fully saturated rings. The maximum Gasteiger partial charge on any atom is 0.252 e. The average Bonchev–Trinajstić information content (AvgIpc) is 2.96. The van der Waals surface area contributed by atoms with E-state index >= 15 is 0 Å². The smallest absolute Gasteiger partial charge is 0.252 e. The number of fused-ring (bicyclic) bond motifs is 1. The zero-order chi connectivity index (χ0) is 24.2. The van der Waals surface area contributed by atoms with Crippen LogP contribution in [-0.4, -0.2) is 29.6 Å². The summed E-state index contributed by atoms with van der Waals surface area (Å²) in [5.74, 6) is 0.0218. The Bertz CT molecular complexity index is 1200. The van der Waals surface area contributed by atoms with E-state index in [2.05, 4.69) is 19.2 Å². The highest BCUT2D eigenvalue weighted by Crippen LogP contribution is 2.31. The number of rotatable bonds is 6. The second-order valence-corrected chi connectivity index (χ2v) is 8.94. The van der Waals surface area contributed by atoms with Crippen molar-refractivity contribution in [1.29, 1.82) is 0 Å². The Balaban J connectivity index is 1.71. The number of benzene rings is 3. The lowest BCUT2D eigenvalue weighted by Crippen LogP contribution is -2.50. The number of anilines is 2. The van der Waals surface area contributed by atoms with Crippen LogP contribution in [0.25, 0.3) is 0 Å². The fourth-order valence-electron chi connectivity index (χ4n) is 4.33. The van der Waals surface area contributed by atoms with Crippen molar-refractivity contribution >= 4 is 28.9 Å². The van der Waals surface area contributed by atoms with Gasteiger partial charge in [0.1, 0.15) is 12.1 Å². The van der Waals surface area contributed by atoms with Crippen LogP contribution in [0.15, 0.2) is 83.9 Å². The van der Waals surface area contributed by atoms with Gasteiger partial charge in [-0.05, 0) is 43.0 Å². The first kappa shape index (κ1) is 23.4. The van der Waals surface area contributed by atoms with Crippen molar-refractivity contribution in [2.24, 2.45) is 4.99 Å². The summed E-state index contributed by atoms with van der Waals surface area (Å²) in [5, 5.41) is 3.02. The minimum Gasteiger partial charge on any atom is -0.324 e. The third-order valence-corrected chi connectivity index (χ3v) is 6.23. The minimum atomic E-state index is -0.661. The fraction of sp³-hybridized carbons (Fsp3) is 0.276. The van der Waals surface area contributed by atoms with Crippen molar-refractivity contribution in [2.75, 3.05) is 10.2 Å². The van der Waals surface area contributed by atoms with Gasteiger partial charge in [0.15, 0.2) is 0 Å². The number of nitrogens with zero attached hydrogens (tertiary/aromatic N) is 2. The molecule has 0 spiro atoms. The standard InChI is InChI=1S/C29H31N3O2/c1-5-25(28(33)31-23-17-15-21(16-18-23)19(2)3)32-26-14-10-9-13-24(26)27(30-20(4)29(32)34)22-11-7-6-8-12-22/h6-20,25H,5H2,1-4H3,(H,31,33)/t20-,25+/m1/s1. The number of carbonyl (C=O) groups excluding carboxylic acids is 2. The largest absolute Gasteiger partial charge is 0.324 e. The molecule has 34 heavy (non-hydrogen) atoms. The fourth-order valence-corrected chi connectivity index (χ4v) is 4.33. The number of carbonyl (C=O) groups is 2. The maximum atomic E-state index is 13.6. The van der Waals surface area contributed by atoms with Gasteiger partial charge in [0.25, 0.3) is 5.91 Å². The Hall–Kier alpha value is -3.73. The summed E-state index contributed by atoms with van der Waals surface area (Å²) in [7, 11) is 0. The van der Waals surface area contributed by atoms with E-state index in [1.807, 2.05) is 85.8 Å². The molecular formula is C29H31N3O2. The molecule has 1 aliphatic rings. The quantitative estimate of drug-likeness (QED) is 0.513. The third kappa shape index (κ3) is 4.65. The molecule has 0 saturated heterocycles. The first-order valence-electron chi connectivity index (χ1n) is 11.9. The lowest BCUT2D eigenvalue weighted by molar-refractivity contribution is -0.124. The van der Waals surface area contributed by atoms with Gasteiger partial charge in [0, 0.05) is 16.8 Å². The molecule has 3 aromatic rings. The predicted octanol–water partition coefficient (Wildman–Crippen LogP) is 5.80. The molecule has 0 aliphatic carbocycles. The maximum absolute atomic E-state index is 13.6. The molecule has 2 amide bonds. The summed E-state index contributed by atoms with van der Waals surface area (Å²) in [6, 6.07) is 24.2. The number of benzodiazepines with no additional fused rings is 1. The van der Waals surface area contributed by atoms with Crippen LogP contribution < -0.4 is 10.2 Å². The Kier molecular flexibility index (Phi) is 6.92. The number of hydrogen-bond donors (Lipinski definition) is 1. The van der Waals surface area contributed by atoms with E-state index < -0.39 is 12.1 Å². The molecule has 5 nitrogen and oxygen atoms in total. The van der Waals surface area contributed by atoms with Gasteiger partial charge in [0.05, 0.1) is 11.4 Å². The Morgan fingerprint density at radius 3 is 2.26 bits per heavy atom.